The highest BCUT2D eigenvalue weighted by atomic mass is 16.6. The number of carbonyl (C=O) groups is 1. The quantitative estimate of drug-likeness (QED) is 0.721. The van der Waals surface area contributed by atoms with E-state index in [1.807, 2.05) is 6.92 Å². The second kappa shape index (κ2) is 4.20. The van der Waals surface area contributed by atoms with Gasteiger partial charge in [-0.3, -0.25) is 4.79 Å². The van der Waals surface area contributed by atoms with Crippen LogP contribution in [0.2, 0.25) is 0 Å². The summed E-state index contributed by atoms with van der Waals surface area (Å²) in [5.41, 5.74) is -1.15. The first-order valence-corrected chi connectivity index (χ1v) is 9.80. The maximum atomic E-state index is 12.1. The van der Waals surface area contributed by atoms with E-state index in [1.54, 1.807) is 0 Å². The van der Waals surface area contributed by atoms with Crippen LogP contribution in [-0.2, 0) is 9.53 Å². The number of aliphatic hydroxyl groups is 1. The Morgan fingerprint density at radius 1 is 1.04 bits per heavy atom. The van der Waals surface area contributed by atoms with Crippen LogP contribution in [0.5, 0.6) is 0 Å². The fraction of sp³-hybridized carbons (Fsp3) is 0.950. The summed E-state index contributed by atoms with van der Waals surface area (Å²) in [6, 6.07) is 0. The first-order valence-electron chi connectivity index (χ1n) is 9.80. The molecule has 0 aromatic carbocycles. The van der Waals surface area contributed by atoms with Crippen molar-refractivity contribution in [1.82, 2.24) is 0 Å². The predicted octanol–water partition coefficient (Wildman–Crippen LogP) is 3.37. The number of rotatable bonds is 1. The molecule has 0 radical (unpaired) electrons. The standard InChI is InChI=1S/C20H30O4/c1-16-6-3-7-17(2,15(21)22)13(16)4-8-18-10-19(23,9-5-14(16)18)20(11-18)12-24-20/h13-14,23H,3-12H2,1-2H3,(H,21,22)/t13?,14?,16-,17-,18+,19+,20+/m1/s1. The number of carboxylic acids is 1. The minimum absolute atomic E-state index is 0.103. The van der Waals surface area contributed by atoms with Gasteiger partial charge in [-0.15, -0.1) is 0 Å². The van der Waals surface area contributed by atoms with E-state index in [2.05, 4.69) is 6.92 Å². The molecule has 0 aromatic heterocycles. The number of hydrogen-bond acceptors (Lipinski definition) is 3. The van der Waals surface area contributed by atoms with Gasteiger partial charge in [0.25, 0.3) is 0 Å². The van der Waals surface area contributed by atoms with E-state index in [0.29, 0.717) is 5.92 Å². The molecular weight excluding hydrogens is 304 g/mol. The molecule has 2 N–H and O–H groups in total. The summed E-state index contributed by atoms with van der Waals surface area (Å²) in [7, 11) is 0. The molecule has 7 atom stereocenters. The predicted molar refractivity (Wildman–Crippen MR) is 88.4 cm³/mol. The molecule has 4 nitrogen and oxygen atoms in total. The number of aliphatic carboxylic acids is 1. The molecule has 4 heteroatoms. The average molecular weight is 334 g/mol. The van der Waals surface area contributed by atoms with Crippen LogP contribution >= 0.6 is 0 Å². The van der Waals surface area contributed by atoms with Crippen LogP contribution in [0.4, 0.5) is 0 Å². The van der Waals surface area contributed by atoms with Crippen LogP contribution < -0.4 is 0 Å². The van der Waals surface area contributed by atoms with E-state index in [4.69, 9.17) is 4.74 Å². The molecule has 4 saturated carbocycles. The van der Waals surface area contributed by atoms with Crippen molar-refractivity contribution < 1.29 is 19.7 Å². The van der Waals surface area contributed by atoms with Crippen LogP contribution in [0.3, 0.4) is 0 Å². The van der Waals surface area contributed by atoms with E-state index in [0.717, 1.165) is 64.4 Å². The summed E-state index contributed by atoms with van der Waals surface area (Å²) < 4.78 is 5.82. The normalized spacial score (nSPS) is 61.3. The summed E-state index contributed by atoms with van der Waals surface area (Å²) in [5.74, 6) is 0.219. The third-order valence-corrected chi connectivity index (χ3v) is 9.40. The Morgan fingerprint density at radius 3 is 2.42 bits per heavy atom. The van der Waals surface area contributed by atoms with Crippen LogP contribution in [0.25, 0.3) is 0 Å². The van der Waals surface area contributed by atoms with Gasteiger partial charge >= 0.3 is 5.97 Å². The summed E-state index contributed by atoms with van der Waals surface area (Å²) in [5, 5.41) is 21.1. The highest BCUT2D eigenvalue weighted by Gasteiger charge is 2.76. The number of hydrogen-bond donors (Lipinski definition) is 2. The zero-order valence-corrected chi connectivity index (χ0v) is 14.9. The number of epoxide rings is 1. The summed E-state index contributed by atoms with van der Waals surface area (Å²) >= 11 is 0. The molecule has 1 aliphatic heterocycles. The van der Waals surface area contributed by atoms with Crippen LogP contribution in [0.15, 0.2) is 0 Å². The molecule has 2 spiro atoms. The van der Waals surface area contributed by atoms with Gasteiger partial charge in [0.2, 0.25) is 0 Å². The van der Waals surface area contributed by atoms with Gasteiger partial charge in [-0.2, -0.15) is 0 Å². The third-order valence-electron chi connectivity index (χ3n) is 9.40. The Balaban J connectivity index is 1.56. The molecule has 5 rings (SSSR count). The smallest absolute Gasteiger partial charge is 0.309 e. The van der Waals surface area contributed by atoms with Gasteiger partial charge in [-0.05, 0) is 81.0 Å². The number of fused-ring (bicyclic) bond motifs is 4. The Bertz CT molecular complexity index is 609. The lowest BCUT2D eigenvalue weighted by Crippen LogP contribution is -2.59. The topological polar surface area (TPSA) is 70.1 Å². The summed E-state index contributed by atoms with van der Waals surface area (Å²) in [6.07, 6.45) is 8.85. The number of ether oxygens (including phenoxy) is 1. The van der Waals surface area contributed by atoms with Crippen molar-refractivity contribution >= 4 is 5.97 Å². The summed E-state index contributed by atoms with van der Waals surface area (Å²) in [4.78, 5) is 12.1. The Morgan fingerprint density at radius 2 is 1.75 bits per heavy atom. The van der Waals surface area contributed by atoms with Crippen molar-refractivity contribution in [3.63, 3.8) is 0 Å². The molecule has 2 unspecified atom stereocenters. The van der Waals surface area contributed by atoms with Crippen LogP contribution in [0, 0.1) is 28.1 Å². The molecule has 24 heavy (non-hydrogen) atoms. The first kappa shape index (κ1) is 15.6. The minimum atomic E-state index is -0.614. The number of carboxylic acid groups (broad SMARTS) is 1. The maximum Gasteiger partial charge on any atom is 0.309 e. The van der Waals surface area contributed by atoms with E-state index in [-0.39, 0.29) is 22.3 Å². The van der Waals surface area contributed by atoms with Gasteiger partial charge in [0.1, 0.15) is 5.60 Å². The zero-order valence-electron chi connectivity index (χ0n) is 14.9. The van der Waals surface area contributed by atoms with Crippen molar-refractivity contribution in [3.8, 4) is 0 Å². The Labute approximate surface area is 144 Å². The molecule has 4 aliphatic carbocycles. The molecule has 5 fully saturated rings. The van der Waals surface area contributed by atoms with E-state index < -0.39 is 17.0 Å². The zero-order chi connectivity index (χ0) is 17.0. The highest BCUT2D eigenvalue weighted by Crippen LogP contribution is 2.75. The van der Waals surface area contributed by atoms with Gasteiger partial charge in [0.15, 0.2) is 0 Å². The van der Waals surface area contributed by atoms with Crippen molar-refractivity contribution in [2.24, 2.45) is 28.1 Å². The van der Waals surface area contributed by atoms with E-state index >= 15 is 0 Å². The summed E-state index contributed by atoms with van der Waals surface area (Å²) in [6.45, 7) is 5.10. The lowest BCUT2D eigenvalue weighted by atomic mass is 9.41. The Hall–Kier alpha value is -0.610. The Kier molecular flexibility index (Phi) is 2.73. The molecule has 134 valence electrons. The molecular formula is C20H30O4. The van der Waals surface area contributed by atoms with Gasteiger partial charge in [-0.25, -0.2) is 0 Å². The molecule has 5 aliphatic rings. The van der Waals surface area contributed by atoms with Gasteiger partial charge in [0, 0.05) is 0 Å². The van der Waals surface area contributed by atoms with Crippen LogP contribution in [-0.4, -0.2) is 34.0 Å². The van der Waals surface area contributed by atoms with Gasteiger partial charge in [0.05, 0.1) is 17.6 Å². The molecule has 1 heterocycles. The lowest BCUT2D eigenvalue weighted by Gasteiger charge is -2.63. The van der Waals surface area contributed by atoms with Gasteiger partial charge in [-0.1, -0.05) is 13.3 Å². The third kappa shape index (κ3) is 1.56. The highest BCUT2D eigenvalue weighted by molar-refractivity contribution is 5.75. The van der Waals surface area contributed by atoms with Crippen molar-refractivity contribution in [1.29, 1.82) is 0 Å². The first-order chi connectivity index (χ1) is 11.2. The van der Waals surface area contributed by atoms with E-state index in [9.17, 15) is 15.0 Å². The second-order valence-electron chi connectivity index (χ2n) is 10.3. The molecule has 0 aromatic rings. The molecule has 0 amide bonds. The monoisotopic (exact) mass is 334 g/mol. The minimum Gasteiger partial charge on any atom is -0.481 e. The maximum absolute atomic E-state index is 12.1. The lowest BCUT2D eigenvalue weighted by molar-refractivity contribution is -0.186. The molecule has 1 saturated heterocycles. The van der Waals surface area contributed by atoms with Crippen molar-refractivity contribution in [3.05, 3.63) is 0 Å². The fourth-order valence-corrected chi connectivity index (χ4v) is 8.30. The SMILES string of the molecule is C[C@@]12CCC[C@@](C)(C(=O)O)C1CC[C@@]13C[C@@](O)(CCC12)[C@@]1(CO1)C3. The van der Waals surface area contributed by atoms with Crippen molar-refractivity contribution in [2.45, 2.75) is 82.8 Å². The fourth-order valence-electron chi connectivity index (χ4n) is 8.30. The average Bonchev–Trinajstić information content (AvgIpc) is 3.24. The van der Waals surface area contributed by atoms with Crippen LogP contribution in [0.1, 0.15) is 71.6 Å². The van der Waals surface area contributed by atoms with E-state index in [1.165, 1.54) is 0 Å². The van der Waals surface area contributed by atoms with Gasteiger partial charge < -0.3 is 14.9 Å². The largest absolute Gasteiger partial charge is 0.481 e. The molecule has 2 bridgehead atoms. The van der Waals surface area contributed by atoms with Crippen molar-refractivity contribution in [2.75, 3.05) is 6.61 Å². The second-order valence-corrected chi connectivity index (χ2v) is 10.3.